The third-order valence-electron chi connectivity index (χ3n) is 4.77. The normalized spacial score (nSPS) is 23.6. The zero-order valence-corrected chi connectivity index (χ0v) is 23.0. The average molecular weight is 613 g/mol. The molecule has 1 aliphatic heterocycles. The summed E-state index contributed by atoms with van der Waals surface area (Å²) in [6.45, 7) is 4.10. The van der Waals surface area contributed by atoms with Gasteiger partial charge < -0.3 is 0 Å². The Bertz CT molecular complexity index is 1100. The van der Waals surface area contributed by atoms with E-state index in [1.807, 2.05) is 0 Å². The van der Waals surface area contributed by atoms with E-state index < -0.39 is 8.55 Å². The van der Waals surface area contributed by atoms with Gasteiger partial charge in [-0.15, -0.1) is 0 Å². The summed E-state index contributed by atoms with van der Waals surface area (Å²) in [6, 6.07) is 32.6. The fourth-order valence-electron chi connectivity index (χ4n) is 3.27. The summed E-state index contributed by atoms with van der Waals surface area (Å²) < 4.78 is 2.20. The number of benzene rings is 3. The van der Waals surface area contributed by atoms with Crippen LogP contribution in [0.3, 0.4) is 0 Å². The van der Waals surface area contributed by atoms with Crippen LogP contribution < -0.4 is 10.6 Å². The van der Waals surface area contributed by atoms with E-state index >= 15 is 0 Å². The van der Waals surface area contributed by atoms with E-state index in [0.717, 1.165) is 13.1 Å². The van der Waals surface area contributed by atoms with Gasteiger partial charge >= 0.3 is 195 Å². The molecule has 0 saturated heterocycles. The maximum atomic E-state index is 5.53. The Morgan fingerprint density at radius 2 is 1.31 bits per heavy atom. The van der Waals surface area contributed by atoms with Gasteiger partial charge in [-0.25, -0.2) is 0 Å². The molecule has 3 aromatic rings. The van der Waals surface area contributed by atoms with Gasteiger partial charge in [-0.1, -0.05) is 0 Å². The molecule has 0 fully saturated rings. The predicted octanol–water partition coefficient (Wildman–Crippen LogP) is 4.18. The summed E-state index contributed by atoms with van der Waals surface area (Å²) in [5.41, 5.74) is 2.63. The van der Waals surface area contributed by atoms with Gasteiger partial charge in [-0.05, 0) is 0 Å². The molecule has 0 radical (unpaired) electrons. The molecule has 1 heterocycles. The van der Waals surface area contributed by atoms with E-state index in [1.54, 1.807) is 0 Å². The fourth-order valence-corrected chi connectivity index (χ4v) is 57.5. The SMILES string of the molecule is CCN(Cc1ccccc1)C1=NP(=[Se])(c2ccccc2)[Se]P1(=[Se])c1ccccc1. The first-order valence-electron chi connectivity index (χ1n) is 9.47. The Hall–Kier alpha value is -0.452. The van der Waals surface area contributed by atoms with Crippen molar-refractivity contribution in [2.75, 3.05) is 6.54 Å². The number of amidine groups is 1. The standard InChI is InChI=1S/C22H22N2P2Se3/c1-2-24(18-19-12-6-3-7-13-19)22-23-26(28,21-16-10-5-11-17-21)29-25(22,27)20-14-8-4-9-15-20/h3-17H,2,18H2,1H3. The van der Waals surface area contributed by atoms with Crippen LogP contribution in [0.1, 0.15) is 12.5 Å². The van der Waals surface area contributed by atoms with E-state index in [0.29, 0.717) is 14.1 Å². The van der Waals surface area contributed by atoms with Crippen molar-refractivity contribution in [3.63, 3.8) is 0 Å². The molecule has 2 nitrogen and oxygen atoms in total. The van der Waals surface area contributed by atoms with Gasteiger partial charge in [0.15, 0.2) is 0 Å². The molecule has 0 aliphatic carbocycles. The van der Waals surface area contributed by atoms with Crippen LogP contribution in [0.5, 0.6) is 0 Å². The van der Waals surface area contributed by atoms with Crippen molar-refractivity contribution in [3.8, 4) is 0 Å². The van der Waals surface area contributed by atoms with Crippen molar-refractivity contribution in [2.24, 2.45) is 4.76 Å². The second-order valence-corrected chi connectivity index (χ2v) is 34.8. The molecule has 4 rings (SSSR count). The second-order valence-electron chi connectivity index (χ2n) is 6.72. The van der Waals surface area contributed by atoms with Crippen LogP contribution in [0, 0.1) is 0 Å². The maximum absolute atomic E-state index is 5.53. The number of rotatable bonds is 5. The van der Waals surface area contributed by atoms with Crippen LogP contribution >= 0.6 is 8.55 Å². The van der Waals surface area contributed by atoms with Gasteiger partial charge in [-0.2, -0.15) is 0 Å². The first kappa shape index (κ1) is 21.8. The summed E-state index contributed by atoms with van der Waals surface area (Å²) in [5.74, 6) is 0. The predicted molar refractivity (Wildman–Crippen MR) is 133 cm³/mol. The topological polar surface area (TPSA) is 15.6 Å². The molecule has 0 spiro atoms. The molecule has 0 amide bonds. The summed E-state index contributed by atoms with van der Waals surface area (Å²) in [7, 11) is 0. The van der Waals surface area contributed by atoms with Crippen molar-refractivity contribution in [1.29, 1.82) is 0 Å². The Morgan fingerprint density at radius 1 is 0.793 bits per heavy atom. The molecule has 2 atom stereocenters. The van der Waals surface area contributed by atoms with E-state index in [1.165, 1.54) is 21.7 Å². The monoisotopic (exact) mass is 616 g/mol. The molecule has 0 bridgehead atoms. The number of hydrogen-bond acceptors (Lipinski definition) is 2. The zero-order valence-electron chi connectivity index (χ0n) is 16.1. The Balaban J connectivity index is 1.82. The van der Waals surface area contributed by atoms with E-state index in [2.05, 4.69) is 133 Å². The molecule has 0 aromatic heterocycles. The van der Waals surface area contributed by atoms with Crippen molar-refractivity contribution in [1.82, 2.24) is 4.90 Å². The Morgan fingerprint density at radius 3 is 1.86 bits per heavy atom. The molecule has 7 heteroatoms. The molecule has 3 aromatic carbocycles. The Labute approximate surface area is 194 Å². The van der Waals surface area contributed by atoms with Crippen LogP contribution in [0.4, 0.5) is 0 Å². The van der Waals surface area contributed by atoms with Crippen molar-refractivity contribution < 1.29 is 0 Å². The third-order valence-corrected chi connectivity index (χ3v) is 40.0. The first-order valence-corrected chi connectivity index (χ1v) is 21.9. The zero-order chi connectivity index (χ0) is 20.3. The fraction of sp³-hybridized carbons (Fsp3) is 0.136. The number of nitrogens with zero attached hydrogens (tertiary/aromatic N) is 2. The minimum atomic E-state index is -1.69. The molecular weight excluding hydrogens is 591 g/mol. The molecule has 1 aliphatic rings. The average Bonchev–Trinajstić information content (AvgIpc) is 3.07. The summed E-state index contributed by atoms with van der Waals surface area (Å²) in [4.78, 5) is 2.50. The molecule has 0 saturated carbocycles. The first-order chi connectivity index (χ1) is 14.0. The third kappa shape index (κ3) is 4.60. The van der Waals surface area contributed by atoms with Gasteiger partial charge in [0, 0.05) is 0 Å². The van der Waals surface area contributed by atoms with Crippen LogP contribution in [-0.2, 0) is 6.54 Å². The van der Waals surface area contributed by atoms with Gasteiger partial charge in [0.05, 0.1) is 0 Å². The van der Waals surface area contributed by atoms with Crippen molar-refractivity contribution >= 4 is 69.0 Å². The van der Waals surface area contributed by atoms with Crippen LogP contribution in [-0.4, -0.2) is 61.3 Å². The molecule has 29 heavy (non-hydrogen) atoms. The second kappa shape index (κ2) is 9.36. The van der Waals surface area contributed by atoms with Crippen LogP contribution in [0.15, 0.2) is 95.8 Å². The van der Waals surface area contributed by atoms with E-state index in [-0.39, 0.29) is 0 Å². The van der Waals surface area contributed by atoms with Gasteiger partial charge in [-0.3, -0.25) is 0 Å². The van der Waals surface area contributed by atoms with E-state index in [4.69, 9.17) is 4.76 Å². The van der Waals surface area contributed by atoms with Gasteiger partial charge in [0.1, 0.15) is 0 Å². The summed E-state index contributed by atoms with van der Waals surface area (Å²) in [6.07, 6.45) is 0. The summed E-state index contributed by atoms with van der Waals surface area (Å²) >= 11 is 7.67. The minimum absolute atomic E-state index is 0.349. The van der Waals surface area contributed by atoms with Crippen LogP contribution in [0.25, 0.3) is 0 Å². The van der Waals surface area contributed by atoms with Crippen LogP contribution in [0.2, 0.25) is 0 Å². The molecule has 2 unspecified atom stereocenters. The van der Waals surface area contributed by atoms with E-state index in [9.17, 15) is 0 Å². The molecule has 0 N–H and O–H groups in total. The van der Waals surface area contributed by atoms with Crippen molar-refractivity contribution in [2.45, 2.75) is 13.5 Å². The molecular formula is C22H22N2P2Se3. The van der Waals surface area contributed by atoms with Gasteiger partial charge in [0.2, 0.25) is 0 Å². The van der Waals surface area contributed by atoms with Gasteiger partial charge in [0.25, 0.3) is 0 Å². The number of hydrogen-bond donors (Lipinski definition) is 0. The molecule has 148 valence electrons. The Kier molecular flexibility index (Phi) is 7.03. The summed E-state index contributed by atoms with van der Waals surface area (Å²) in [5, 5.41) is 2.81. The quantitative estimate of drug-likeness (QED) is 0.312. The van der Waals surface area contributed by atoms with Crippen molar-refractivity contribution in [3.05, 3.63) is 96.6 Å².